The van der Waals surface area contributed by atoms with Crippen LogP contribution in [0.5, 0.6) is 11.5 Å². The second kappa shape index (κ2) is 9.28. The summed E-state index contributed by atoms with van der Waals surface area (Å²) in [6.45, 7) is 4.33. The lowest BCUT2D eigenvalue weighted by atomic mass is 10.2. The third-order valence-corrected chi connectivity index (χ3v) is 4.83. The minimum Gasteiger partial charge on any atom is -0.496 e. The SMILES string of the molecule is COc1ccccc1CNC(=O)CN1CCN(c2ccccc2OC)CC1. The number of ether oxygens (including phenoxy) is 2. The van der Waals surface area contributed by atoms with Crippen molar-refractivity contribution in [3.05, 3.63) is 54.1 Å². The van der Waals surface area contributed by atoms with E-state index in [-0.39, 0.29) is 5.91 Å². The van der Waals surface area contributed by atoms with Crippen LogP contribution in [0.4, 0.5) is 5.69 Å². The van der Waals surface area contributed by atoms with Gasteiger partial charge < -0.3 is 19.7 Å². The van der Waals surface area contributed by atoms with E-state index in [2.05, 4.69) is 21.2 Å². The Labute approximate surface area is 160 Å². The summed E-state index contributed by atoms with van der Waals surface area (Å²) in [6.07, 6.45) is 0. The van der Waals surface area contributed by atoms with Crippen molar-refractivity contribution in [2.24, 2.45) is 0 Å². The molecule has 2 aromatic rings. The molecule has 0 atom stereocenters. The number of hydrogen-bond donors (Lipinski definition) is 1. The lowest BCUT2D eigenvalue weighted by molar-refractivity contribution is -0.122. The number of carbonyl (C=O) groups is 1. The van der Waals surface area contributed by atoms with E-state index in [0.29, 0.717) is 13.1 Å². The average molecular weight is 369 g/mol. The number of anilines is 1. The summed E-state index contributed by atoms with van der Waals surface area (Å²) in [5.74, 6) is 1.72. The van der Waals surface area contributed by atoms with Crippen LogP contribution in [0.3, 0.4) is 0 Å². The van der Waals surface area contributed by atoms with Crippen molar-refractivity contribution in [3.63, 3.8) is 0 Å². The summed E-state index contributed by atoms with van der Waals surface area (Å²) < 4.78 is 10.8. The highest BCUT2D eigenvalue weighted by molar-refractivity contribution is 5.78. The zero-order valence-corrected chi connectivity index (χ0v) is 16.0. The van der Waals surface area contributed by atoms with E-state index in [1.807, 2.05) is 42.5 Å². The Morgan fingerprint density at radius 1 is 0.926 bits per heavy atom. The minimum atomic E-state index is 0.0339. The zero-order chi connectivity index (χ0) is 19.1. The molecule has 1 aliphatic rings. The molecule has 1 amide bonds. The Hall–Kier alpha value is -2.73. The highest BCUT2D eigenvalue weighted by Crippen LogP contribution is 2.28. The van der Waals surface area contributed by atoms with Crippen molar-refractivity contribution >= 4 is 11.6 Å². The maximum absolute atomic E-state index is 12.3. The fourth-order valence-corrected chi connectivity index (χ4v) is 3.34. The van der Waals surface area contributed by atoms with Crippen LogP contribution in [-0.4, -0.2) is 57.8 Å². The number of nitrogens with zero attached hydrogens (tertiary/aromatic N) is 2. The van der Waals surface area contributed by atoms with E-state index in [0.717, 1.165) is 48.9 Å². The Balaban J connectivity index is 1.47. The van der Waals surface area contributed by atoms with Crippen LogP contribution in [-0.2, 0) is 11.3 Å². The van der Waals surface area contributed by atoms with Crippen molar-refractivity contribution in [1.82, 2.24) is 10.2 Å². The molecule has 6 heteroatoms. The molecule has 0 bridgehead atoms. The van der Waals surface area contributed by atoms with Crippen molar-refractivity contribution in [2.75, 3.05) is 51.8 Å². The molecule has 1 saturated heterocycles. The smallest absolute Gasteiger partial charge is 0.234 e. The highest BCUT2D eigenvalue weighted by Gasteiger charge is 2.21. The van der Waals surface area contributed by atoms with E-state index < -0.39 is 0 Å². The number of rotatable bonds is 7. The summed E-state index contributed by atoms with van der Waals surface area (Å²) in [6, 6.07) is 15.8. The van der Waals surface area contributed by atoms with Gasteiger partial charge in [0.05, 0.1) is 26.5 Å². The number of methoxy groups -OCH3 is 2. The van der Waals surface area contributed by atoms with E-state index >= 15 is 0 Å². The molecule has 1 fully saturated rings. The maximum atomic E-state index is 12.3. The number of hydrogen-bond acceptors (Lipinski definition) is 5. The van der Waals surface area contributed by atoms with Crippen LogP contribution in [0.2, 0.25) is 0 Å². The molecule has 27 heavy (non-hydrogen) atoms. The Bertz CT molecular complexity index is 758. The minimum absolute atomic E-state index is 0.0339. The number of para-hydroxylation sites is 3. The zero-order valence-electron chi connectivity index (χ0n) is 16.0. The Morgan fingerprint density at radius 2 is 1.56 bits per heavy atom. The van der Waals surface area contributed by atoms with Gasteiger partial charge in [-0.25, -0.2) is 0 Å². The third-order valence-electron chi connectivity index (χ3n) is 4.83. The first-order chi connectivity index (χ1) is 13.2. The summed E-state index contributed by atoms with van der Waals surface area (Å²) in [5.41, 5.74) is 2.09. The Morgan fingerprint density at radius 3 is 2.26 bits per heavy atom. The lowest BCUT2D eigenvalue weighted by Crippen LogP contribution is -2.49. The molecule has 2 aromatic carbocycles. The van der Waals surface area contributed by atoms with Gasteiger partial charge in [-0.1, -0.05) is 30.3 Å². The molecule has 0 aromatic heterocycles. The largest absolute Gasteiger partial charge is 0.496 e. The van der Waals surface area contributed by atoms with Gasteiger partial charge in [0, 0.05) is 38.3 Å². The van der Waals surface area contributed by atoms with Crippen LogP contribution in [0, 0.1) is 0 Å². The third kappa shape index (κ3) is 4.92. The number of piperazine rings is 1. The van der Waals surface area contributed by atoms with Crippen molar-refractivity contribution in [3.8, 4) is 11.5 Å². The van der Waals surface area contributed by atoms with Crippen molar-refractivity contribution in [2.45, 2.75) is 6.54 Å². The lowest BCUT2D eigenvalue weighted by Gasteiger charge is -2.36. The number of carbonyl (C=O) groups excluding carboxylic acids is 1. The number of amides is 1. The molecular weight excluding hydrogens is 342 g/mol. The molecule has 1 heterocycles. The molecule has 0 unspecified atom stereocenters. The quantitative estimate of drug-likeness (QED) is 0.810. The van der Waals surface area contributed by atoms with E-state index in [9.17, 15) is 4.79 Å². The summed E-state index contributed by atoms with van der Waals surface area (Å²) >= 11 is 0. The first-order valence-corrected chi connectivity index (χ1v) is 9.20. The second-order valence-corrected chi connectivity index (χ2v) is 6.52. The predicted molar refractivity (Wildman–Crippen MR) is 106 cm³/mol. The average Bonchev–Trinajstić information content (AvgIpc) is 2.73. The van der Waals surface area contributed by atoms with Crippen LogP contribution < -0.4 is 19.7 Å². The van der Waals surface area contributed by atoms with Gasteiger partial charge in [0.1, 0.15) is 11.5 Å². The topological polar surface area (TPSA) is 54.0 Å². The van der Waals surface area contributed by atoms with Gasteiger partial charge in [-0.15, -0.1) is 0 Å². The maximum Gasteiger partial charge on any atom is 0.234 e. The predicted octanol–water partition coefficient (Wildman–Crippen LogP) is 2.14. The standard InChI is InChI=1S/C21H27N3O3/c1-26-19-9-5-3-7-17(19)15-22-21(25)16-23-11-13-24(14-12-23)18-8-4-6-10-20(18)27-2/h3-10H,11-16H2,1-2H3,(H,22,25). The van der Waals surface area contributed by atoms with Crippen LogP contribution >= 0.6 is 0 Å². The Kier molecular flexibility index (Phi) is 6.54. The second-order valence-electron chi connectivity index (χ2n) is 6.52. The molecule has 3 rings (SSSR count). The molecule has 144 valence electrons. The van der Waals surface area contributed by atoms with Gasteiger partial charge in [-0.05, 0) is 18.2 Å². The molecule has 0 spiro atoms. The van der Waals surface area contributed by atoms with E-state index in [4.69, 9.17) is 9.47 Å². The van der Waals surface area contributed by atoms with Gasteiger partial charge in [0.15, 0.2) is 0 Å². The molecule has 1 aliphatic heterocycles. The van der Waals surface area contributed by atoms with Gasteiger partial charge in [0.25, 0.3) is 0 Å². The molecule has 0 aliphatic carbocycles. The molecular formula is C21H27N3O3. The van der Waals surface area contributed by atoms with Gasteiger partial charge in [-0.2, -0.15) is 0 Å². The summed E-state index contributed by atoms with van der Waals surface area (Å²) in [7, 11) is 3.34. The van der Waals surface area contributed by atoms with E-state index in [1.165, 1.54) is 0 Å². The fraction of sp³-hybridized carbons (Fsp3) is 0.381. The number of nitrogens with one attached hydrogen (secondary N) is 1. The van der Waals surface area contributed by atoms with Gasteiger partial charge >= 0.3 is 0 Å². The molecule has 6 nitrogen and oxygen atoms in total. The van der Waals surface area contributed by atoms with E-state index in [1.54, 1.807) is 14.2 Å². The van der Waals surface area contributed by atoms with Crippen LogP contribution in [0.25, 0.3) is 0 Å². The van der Waals surface area contributed by atoms with Crippen LogP contribution in [0.1, 0.15) is 5.56 Å². The summed E-state index contributed by atoms with van der Waals surface area (Å²) in [5, 5.41) is 2.99. The van der Waals surface area contributed by atoms with Crippen molar-refractivity contribution < 1.29 is 14.3 Å². The van der Waals surface area contributed by atoms with Gasteiger partial charge in [0.2, 0.25) is 5.91 Å². The molecule has 1 N–H and O–H groups in total. The first kappa shape index (κ1) is 19.0. The summed E-state index contributed by atoms with van der Waals surface area (Å²) in [4.78, 5) is 16.8. The first-order valence-electron chi connectivity index (χ1n) is 9.20. The highest BCUT2D eigenvalue weighted by atomic mass is 16.5. The fourth-order valence-electron chi connectivity index (χ4n) is 3.34. The molecule has 0 radical (unpaired) electrons. The monoisotopic (exact) mass is 369 g/mol. The number of benzene rings is 2. The van der Waals surface area contributed by atoms with Crippen molar-refractivity contribution in [1.29, 1.82) is 0 Å². The molecule has 0 saturated carbocycles. The van der Waals surface area contributed by atoms with Gasteiger partial charge in [-0.3, -0.25) is 9.69 Å². The van der Waals surface area contributed by atoms with Crippen LogP contribution in [0.15, 0.2) is 48.5 Å². The normalized spacial score (nSPS) is 14.7.